The van der Waals surface area contributed by atoms with Gasteiger partial charge in [-0.1, -0.05) is 22.9 Å². The first-order valence-corrected chi connectivity index (χ1v) is 9.34. The van der Waals surface area contributed by atoms with Gasteiger partial charge in [0.05, 0.1) is 28.6 Å². The number of amides is 1. The number of ether oxygens (including phenoxy) is 1. The smallest absolute Gasteiger partial charge is 0.259 e. The minimum Gasteiger partial charge on any atom is -0.496 e. The van der Waals surface area contributed by atoms with Crippen LogP contribution in [0.1, 0.15) is 10.4 Å². The molecule has 0 bridgehead atoms. The van der Waals surface area contributed by atoms with E-state index < -0.39 is 0 Å². The maximum atomic E-state index is 12.9. The topological polar surface area (TPSA) is 108 Å². The number of pyridine rings is 1. The zero-order valence-corrected chi connectivity index (χ0v) is 16.5. The first-order valence-electron chi connectivity index (χ1n) is 8.15. The van der Waals surface area contributed by atoms with Gasteiger partial charge in [0.2, 0.25) is 0 Å². The average Bonchev–Trinajstić information content (AvgIpc) is 3.22. The monoisotopic (exact) mass is 414 g/mol. The van der Waals surface area contributed by atoms with Gasteiger partial charge in [0, 0.05) is 36.2 Å². The molecule has 1 aromatic carbocycles. The van der Waals surface area contributed by atoms with E-state index in [1.807, 2.05) is 0 Å². The van der Waals surface area contributed by atoms with Crippen LogP contribution in [0.25, 0.3) is 21.5 Å². The molecule has 8 nitrogen and oxygen atoms in total. The Labute approximate surface area is 168 Å². The Morgan fingerprint density at radius 1 is 1.36 bits per heavy atom. The highest BCUT2D eigenvalue weighted by Crippen LogP contribution is 2.36. The third-order valence-corrected chi connectivity index (χ3v) is 5.11. The number of rotatable bonds is 4. The molecule has 0 aliphatic carbocycles. The summed E-state index contributed by atoms with van der Waals surface area (Å²) in [5.41, 5.74) is 8.33. The molecule has 3 N–H and O–H groups in total. The van der Waals surface area contributed by atoms with Gasteiger partial charge in [-0.2, -0.15) is 5.10 Å². The number of benzene rings is 1. The number of methoxy groups -OCH3 is 1. The van der Waals surface area contributed by atoms with Gasteiger partial charge in [0.15, 0.2) is 5.13 Å². The number of nitrogens with two attached hydrogens (primary N) is 1. The minimum atomic E-state index is -0.362. The zero-order valence-electron chi connectivity index (χ0n) is 14.9. The number of fused-ring (bicyclic) bond motifs is 1. The maximum Gasteiger partial charge on any atom is 0.259 e. The Kier molecular flexibility index (Phi) is 4.62. The Morgan fingerprint density at radius 2 is 2.18 bits per heavy atom. The Balaban J connectivity index is 1.75. The molecule has 0 atom stereocenters. The normalized spacial score (nSPS) is 11.0. The number of anilines is 2. The maximum absolute atomic E-state index is 12.9. The second-order valence-corrected chi connectivity index (χ2v) is 7.45. The van der Waals surface area contributed by atoms with E-state index in [4.69, 9.17) is 22.1 Å². The van der Waals surface area contributed by atoms with Crippen molar-refractivity contribution in [1.29, 1.82) is 0 Å². The van der Waals surface area contributed by atoms with E-state index in [1.54, 1.807) is 49.4 Å². The van der Waals surface area contributed by atoms with Crippen LogP contribution in [0.5, 0.6) is 5.75 Å². The predicted octanol–water partition coefficient (Wildman–Crippen LogP) is 3.59. The lowest BCUT2D eigenvalue weighted by atomic mass is 10.1. The number of carbonyl (C=O) groups is 1. The summed E-state index contributed by atoms with van der Waals surface area (Å²) in [6.45, 7) is 0. The van der Waals surface area contributed by atoms with Crippen LogP contribution >= 0.6 is 22.9 Å². The minimum absolute atomic E-state index is 0.332. The number of hydrogen-bond donors (Lipinski definition) is 2. The molecular weight excluding hydrogens is 400 g/mol. The number of nitrogens with zero attached hydrogens (tertiary/aromatic N) is 4. The fourth-order valence-electron chi connectivity index (χ4n) is 2.87. The summed E-state index contributed by atoms with van der Waals surface area (Å²) in [7, 11) is 3.33. The van der Waals surface area contributed by atoms with Crippen LogP contribution in [-0.4, -0.2) is 32.8 Å². The van der Waals surface area contributed by atoms with Gasteiger partial charge in [-0.25, -0.2) is 4.98 Å². The molecule has 0 saturated carbocycles. The van der Waals surface area contributed by atoms with Crippen molar-refractivity contribution in [3.8, 4) is 17.0 Å². The van der Waals surface area contributed by atoms with Gasteiger partial charge >= 0.3 is 0 Å². The van der Waals surface area contributed by atoms with E-state index >= 15 is 0 Å². The van der Waals surface area contributed by atoms with Crippen molar-refractivity contribution in [1.82, 2.24) is 19.7 Å². The number of nitrogen functional groups attached to an aromatic ring is 1. The largest absolute Gasteiger partial charge is 0.496 e. The molecule has 142 valence electrons. The van der Waals surface area contributed by atoms with E-state index in [2.05, 4.69) is 20.4 Å². The summed E-state index contributed by atoms with van der Waals surface area (Å²) in [6.07, 6.45) is 4.80. The molecule has 10 heteroatoms. The van der Waals surface area contributed by atoms with Crippen LogP contribution in [0.2, 0.25) is 5.02 Å². The number of nitrogens with one attached hydrogen (secondary N) is 1. The zero-order chi connectivity index (χ0) is 19.8. The number of halogens is 1. The second-order valence-electron chi connectivity index (χ2n) is 5.95. The first-order chi connectivity index (χ1) is 13.5. The molecule has 28 heavy (non-hydrogen) atoms. The third-order valence-electron chi connectivity index (χ3n) is 4.06. The van der Waals surface area contributed by atoms with Crippen LogP contribution in [0.3, 0.4) is 0 Å². The van der Waals surface area contributed by atoms with Gasteiger partial charge < -0.3 is 15.8 Å². The fraction of sp³-hybridized carbons (Fsp3) is 0.111. The molecule has 0 radical (unpaired) electrons. The van der Waals surface area contributed by atoms with Crippen molar-refractivity contribution in [2.24, 2.45) is 7.05 Å². The third kappa shape index (κ3) is 3.25. The van der Waals surface area contributed by atoms with Crippen molar-refractivity contribution >= 4 is 49.9 Å². The van der Waals surface area contributed by atoms with E-state index in [9.17, 15) is 4.79 Å². The van der Waals surface area contributed by atoms with Gasteiger partial charge in [-0.05, 0) is 18.2 Å². The molecule has 4 rings (SSSR count). The summed E-state index contributed by atoms with van der Waals surface area (Å²) in [6, 6.07) is 5.21. The molecule has 4 aromatic rings. The molecule has 0 saturated heterocycles. The highest BCUT2D eigenvalue weighted by Gasteiger charge is 2.20. The summed E-state index contributed by atoms with van der Waals surface area (Å²) < 4.78 is 7.76. The Hall–Kier alpha value is -3.17. The molecule has 0 aliphatic rings. The molecule has 1 amide bonds. The number of thiazole rings is 1. The van der Waals surface area contributed by atoms with Crippen LogP contribution < -0.4 is 15.8 Å². The fourth-order valence-corrected chi connectivity index (χ4v) is 3.77. The highest BCUT2D eigenvalue weighted by molar-refractivity contribution is 7.22. The van der Waals surface area contributed by atoms with Crippen molar-refractivity contribution in [3.63, 3.8) is 0 Å². The Morgan fingerprint density at radius 3 is 2.96 bits per heavy atom. The lowest BCUT2D eigenvalue weighted by Gasteiger charge is -2.10. The average molecular weight is 415 g/mol. The molecule has 0 unspecified atom stereocenters. The molecule has 0 spiro atoms. The van der Waals surface area contributed by atoms with Crippen molar-refractivity contribution in [3.05, 3.63) is 47.4 Å². The number of aryl methyl sites for hydroxylation is 1. The molecular formula is C18H15ClN6O2S. The van der Waals surface area contributed by atoms with Crippen LogP contribution in [0, 0.1) is 0 Å². The van der Waals surface area contributed by atoms with Crippen molar-refractivity contribution in [2.45, 2.75) is 0 Å². The Bertz CT molecular complexity index is 1200. The summed E-state index contributed by atoms with van der Waals surface area (Å²) in [4.78, 5) is 21.3. The molecule has 0 fully saturated rings. The van der Waals surface area contributed by atoms with Crippen molar-refractivity contribution < 1.29 is 9.53 Å². The molecule has 0 aliphatic heterocycles. The lowest BCUT2D eigenvalue weighted by molar-refractivity contribution is 0.102. The van der Waals surface area contributed by atoms with Crippen LogP contribution in [0.4, 0.5) is 10.8 Å². The van der Waals surface area contributed by atoms with Gasteiger partial charge in [-0.15, -0.1) is 0 Å². The van der Waals surface area contributed by atoms with E-state index in [0.29, 0.717) is 43.9 Å². The second kappa shape index (κ2) is 7.10. The SMILES string of the molecule is COc1ccc(Cl)cc1-c1nn(C)cc1NC(=O)c1cncc2sc(N)nc12. The number of aromatic nitrogens is 4. The highest BCUT2D eigenvalue weighted by atomic mass is 35.5. The van der Waals surface area contributed by atoms with Gasteiger partial charge in [0.25, 0.3) is 5.91 Å². The van der Waals surface area contributed by atoms with E-state index in [0.717, 1.165) is 4.70 Å². The standard InChI is InChI=1S/C18H15ClN6O2S/c1-25-8-12(15(24-25)10-5-9(19)3-4-13(10)27-2)22-17(26)11-6-21-7-14-16(11)23-18(20)28-14/h3-8H,1-2H3,(H2,20,23)(H,22,26). The van der Waals surface area contributed by atoms with Gasteiger partial charge in [0.1, 0.15) is 11.4 Å². The van der Waals surface area contributed by atoms with Crippen molar-refractivity contribution in [2.75, 3.05) is 18.2 Å². The number of carbonyl (C=O) groups excluding carboxylic acids is 1. The quantitative estimate of drug-likeness (QED) is 0.528. The van der Waals surface area contributed by atoms with E-state index in [-0.39, 0.29) is 5.91 Å². The van der Waals surface area contributed by atoms with E-state index in [1.165, 1.54) is 17.5 Å². The number of hydrogen-bond acceptors (Lipinski definition) is 7. The lowest BCUT2D eigenvalue weighted by Crippen LogP contribution is -2.13. The molecule has 3 heterocycles. The predicted molar refractivity (Wildman–Crippen MR) is 110 cm³/mol. The van der Waals surface area contributed by atoms with Crippen LogP contribution in [-0.2, 0) is 7.05 Å². The summed E-state index contributed by atoms with van der Waals surface area (Å²) in [5, 5.41) is 8.25. The molecule has 3 aromatic heterocycles. The van der Waals surface area contributed by atoms with Gasteiger partial charge in [-0.3, -0.25) is 14.5 Å². The van der Waals surface area contributed by atoms with Crippen LogP contribution in [0.15, 0.2) is 36.8 Å². The first kappa shape index (κ1) is 18.2. The summed E-state index contributed by atoms with van der Waals surface area (Å²) in [5.74, 6) is 0.230. The summed E-state index contributed by atoms with van der Waals surface area (Å²) >= 11 is 7.42.